The largest absolute Gasteiger partial charge is 0.465 e. The van der Waals surface area contributed by atoms with Crippen LogP contribution in [0.4, 0.5) is 0 Å². The van der Waals surface area contributed by atoms with E-state index < -0.39 is 12.0 Å². The molecule has 0 aromatic carbocycles. The van der Waals surface area contributed by atoms with Crippen molar-refractivity contribution in [3.8, 4) is 0 Å². The topological polar surface area (TPSA) is 92.7 Å². The lowest BCUT2D eigenvalue weighted by Gasteiger charge is -2.20. The molecular weight excluding hydrogens is 310 g/mol. The average Bonchev–Trinajstić information content (AvgIpc) is 2.85. The van der Waals surface area contributed by atoms with E-state index in [-0.39, 0.29) is 18.2 Å². The van der Waals surface area contributed by atoms with Crippen LogP contribution in [0, 0.1) is 13.8 Å². The Hall–Kier alpha value is -2.15. The molecule has 134 valence electrons. The molecule has 1 aromatic heterocycles. The predicted molar refractivity (Wildman–Crippen MR) is 90.5 cm³/mol. The molecule has 0 bridgehead atoms. The highest BCUT2D eigenvalue weighted by atomic mass is 16.5. The standard InChI is InChI=1S/C17H27N3O4/c1-7-8-18-13(21)9-20(5)12(4)16(22)15-10(2)14(11(3)19-15)17(23)24-6/h12,19H,7-9H2,1-6H3,(H,18,21)/p+1/t12-/m1/s1. The molecule has 0 spiro atoms. The summed E-state index contributed by atoms with van der Waals surface area (Å²) in [5.41, 5.74) is 1.98. The molecule has 1 amide bonds. The van der Waals surface area contributed by atoms with E-state index in [2.05, 4.69) is 10.3 Å². The Balaban J connectivity index is 2.90. The van der Waals surface area contributed by atoms with E-state index in [0.717, 1.165) is 11.3 Å². The number of quaternary nitrogens is 1. The van der Waals surface area contributed by atoms with Crippen LogP contribution in [0.3, 0.4) is 0 Å². The van der Waals surface area contributed by atoms with Crippen molar-refractivity contribution >= 4 is 17.7 Å². The van der Waals surface area contributed by atoms with E-state index in [9.17, 15) is 14.4 Å². The number of amides is 1. The second-order valence-electron chi connectivity index (χ2n) is 6.08. The first kappa shape index (κ1) is 19.9. The van der Waals surface area contributed by atoms with Gasteiger partial charge < -0.3 is 19.9 Å². The van der Waals surface area contributed by atoms with E-state index in [1.165, 1.54) is 7.11 Å². The number of ether oxygens (including phenoxy) is 1. The highest BCUT2D eigenvalue weighted by molar-refractivity contribution is 6.03. The number of rotatable bonds is 8. The zero-order chi connectivity index (χ0) is 18.4. The number of likely N-dealkylation sites (N-methyl/N-ethyl adjacent to an activating group) is 1. The summed E-state index contributed by atoms with van der Waals surface area (Å²) in [6.07, 6.45) is 0.872. The van der Waals surface area contributed by atoms with Crippen molar-refractivity contribution in [1.82, 2.24) is 10.3 Å². The fourth-order valence-corrected chi connectivity index (χ4v) is 2.58. The minimum atomic E-state index is -0.465. The third-order valence-corrected chi connectivity index (χ3v) is 4.22. The number of aromatic nitrogens is 1. The maximum atomic E-state index is 12.7. The van der Waals surface area contributed by atoms with Gasteiger partial charge in [0.1, 0.15) is 0 Å². The van der Waals surface area contributed by atoms with Crippen LogP contribution >= 0.6 is 0 Å². The second-order valence-corrected chi connectivity index (χ2v) is 6.08. The van der Waals surface area contributed by atoms with Crippen molar-refractivity contribution in [2.45, 2.75) is 40.2 Å². The number of hydrogen-bond acceptors (Lipinski definition) is 4. The van der Waals surface area contributed by atoms with Crippen LogP contribution in [0.1, 0.15) is 52.4 Å². The summed E-state index contributed by atoms with van der Waals surface area (Å²) in [4.78, 5) is 40.2. The zero-order valence-corrected chi connectivity index (χ0v) is 15.3. The van der Waals surface area contributed by atoms with Crippen molar-refractivity contribution < 1.29 is 24.0 Å². The van der Waals surface area contributed by atoms with Crippen LogP contribution in [-0.2, 0) is 9.53 Å². The fourth-order valence-electron chi connectivity index (χ4n) is 2.58. The highest BCUT2D eigenvalue weighted by Gasteiger charge is 2.30. The van der Waals surface area contributed by atoms with Crippen molar-refractivity contribution in [3.05, 3.63) is 22.5 Å². The number of ketones is 1. The van der Waals surface area contributed by atoms with E-state index in [0.29, 0.717) is 29.1 Å². The lowest BCUT2D eigenvalue weighted by atomic mass is 10.0. The van der Waals surface area contributed by atoms with Gasteiger partial charge in [-0.05, 0) is 32.8 Å². The summed E-state index contributed by atoms with van der Waals surface area (Å²) in [5.74, 6) is -0.678. The van der Waals surface area contributed by atoms with Crippen molar-refractivity contribution in [2.24, 2.45) is 0 Å². The number of aryl methyl sites for hydroxylation is 1. The van der Waals surface area contributed by atoms with E-state index in [4.69, 9.17) is 4.74 Å². The normalized spacial score (nSPS) is 13.2. The number of aromatic amines is 1. The van der Waals surface area contributed by atoms with Gasteiger partial charge in [0.2, 0.25) is 5.78 Å². The van der Waals surface area contributed by atoms with Gasteiger partial charge in [-0.3, -0.25) is 9.59 Å². The third kappa shape index (κ3) is 4.44. The number of methoxy groups -OCH3 is 1. The quantitative estimate of drug-likeness (QED) is 0.461. The number of hydrogen-bond donors (Lipinski definition) is 3. The minimum absolute atomic E-state index is 0.0800. The zero-order valence-electron chi connectivity index (χ0n) is 15.3. The van der Waals surface area contributed by atoms with Crippen LogP contribution in [0.25, 0.3) is 0 Å². The molecule has 1 heterocycles. The predicted octanol–water partition coefficient (Wildman–Crippen LogP) is 0.0302. The number of esters is 1. The third-order valence-electron chi connectivity index (χ3n) is 4.22. The van der Waals surface area contributed by atoms with Gasteiger partial charge in [0.25, 0.3) is 5.91 Å². The average molecular weight is 338 g/mol. The van der Waals surface area contributed by atoms with Gasteiger partial charge in [-0.25, -0.2) is 4.79 Å². The first-order valence-corrected chi connectivity index (χ1v) is 8.15. The van der Waals surface area contributed by atoms with Crippen LogP contribution in [0.15, 0.2) is 0 Å². The number of carbonyl (C=O) groups is 3. The van der Waals surface area contributed by atoms with Gasteiger partial charge in [0.15, 0.2) is 12.6 Å². The molecule has 2 atom stereocenters. The lowest BCUT2D eigenvalue weighted by molar-refractivity contribution is -0.885. The van der Waals surface area contributed by atoms with Gasteiger partial charge in [-0.15, -0.1) is 0 Å². The molecule has 0 radical (unpaired) electrons. The molecule has 0 aliphatic heterocycles. The monoisotopic (exact) mass is 338 g/mol. The van der Waals surface area contributed by atoms with E-state index in [1.807, 2.05) is 6.92 Å². The van der Waals surface area contributed by atoms with Gasteiger partial charge >= 0.3 is 5.97 Å². The minimum Gasteiger partial charge on any atom is -0.465 e. The lowest BCUT2D eigenvalue weighted by Crippen LogP contribution is -3.14. The van der Waals surface area contributed by atoms with Crippen molar-refractivity contribution in [3.63, 3.8) is 0 Å². The summed E-state index contributed by atoms with van der Waals surface area (Å²) in [6, 6.07) is -0.417. The molecule has 0 saturated heterocycles. The molecule has 0 fully saturated rings. The Morgan fingerprint density at radius 1 is 1.29 bits per heavy atom. The number of Topliss-reactive ketones (excluding diaryl/α,β-unsaturated/α-hetero) is 1. The first-order valence-electron chi connectivity index (χ1n) is 8.15. The van der Waals surface area contributed by atoms with E-state index in [1.54, 1.807) is 27.8 Å². The molecule has 1 aromatic rings. The van der Waals surface area contributed by atoms with Gasteiger partial charge in [0, 0.05) is 12.2 Å². The van der Waals surface area contributed by atoms with Crippen LogP contribution in [0.5, 0.6) is 0 Å². The molecule has 0 aliphatic rings. The molecular formula is C17H28N3O4+. The van der Waals surface area contributed by atoms with Gasteiger partial charge in [0.05, 0.1) is 25.4 Å². The number of carbonyl (C=O) groups excluding carboxylic acids is 3. The van der Waals surface area contributed by atoms with Crippen LogP contribution < -0.4 is 10.2 Å². The van der Waals surface area contributed by atoms with E-state index >= 15 is 0 Å². The molecule has 3 N–H and O–H groups in total. The van der Waals surface area contributed by atoms with Crippen molar-refractivity contribution in [2.75, 3.05) is 27.2 Å². The van der Waals surface area contributed by atoms with Gasteiger partial charge in [-0.2, -0.15) is 0 Å². The van der Waals surface area contributed by atoms with Crippen LogP contribution in [0.2, 0.25) is 0 Å². The molecule has 24 heavy (non-hydrogen) atoms. The van der Waals surface area contributed by atoms with Gasteiger partial charge in [-0.1, -0.05) is 6.92 Å². The fraction of sp³-hybridized carbons (Fsp3) is 0.588. The highest BCUT2D eigenvalue weighted by Crippen LogP contribution is 2.19. The van der Waals surface area contributed by atoms with Crippen LogP contribution in [-0.4, -0.2) is 55.9 Å². The Kier molecular flexibility index (Phi) is 7.16. The Bertz CT molecular complexity index is 622. The smallest absolute Gasteiger partial charge is 0.339 e. The maximum absolute atomic E-state index is 12.7. The number of nitrogens with one attached hydrogen (secondary N) is 3. The summed E-state index contributed by atoms with van der Waals surface area (Å²) < 4.78 is 4.76. The molecule has 7 heteroatoms. The molecule has 1 unspecified atom stereocenters. The summed E-state index contributed by atoms with van der Waals surface area (Å²) in [5, 5.41) is 2.80. The molecule has 0 aliphatic carbocycles. The Morgan fingerprint density at radius 3 is 2.46 bits per heavy atom. The molecule has 7 nitrogen and oxygen atoms in total. The first-order chi connectivity index (χ1) is 11.2. The summed E-state index contributed by atoms with van der Waals surface area (Å²) in [7, 11) is 3.12. The maximum Gasteiger partial charge on any atom is 0.339 e. The SMILES string of the molecule is CCCNC(=O)C[NH+](C)[C@H](C)C(=O)c1[nH]c(C)c(C(=O)OC)c1C. The number of H-pyrrole nitrogens is 1. The molecule has 1 rings (SSSR count). The molecule has 0 saturated carbocycles. The summed E-state index contributed by atoms with van der Waals surface area (Å²) >= 11 is 0. The Morgan fingerprint density at radius 2 is 1.92 bits per heavy atom. The summed E-state index contributed by atoms with van der Waals surface area (Å²) in [6.45, 7) is 8.06. The second kappa shape index (κ2) is 8.63. The Labute approximate surface area is 142 Å². The van der Waals surface area contributed by atoms with Crippen molar-refractivity contribution in [1.29, 1.82) is 0 Å².